The summed E-state index contributed by atoms with van der Waals surface area (Å²) in [5.74, 6) is 1.07. The summed E-state index contributed by atoms with van der Waals surface area (Å²) in [5.41, 5.74) is 0. The fraction of sp³-hybridized carbons (Fsp3) is 0.900. The Morgan fingerprint density at radius 3 is 3.07 bits per heavy atom. The standard InChI is InChI=1S/C10H19ClN2O/c1-12-10(14)9-4-2-6-13(8-9)7-3-5-11/h9H,2-8H2,1H3,(H,12,14). The van der Waals surface area contributed by atoms with Crippen molar-refractivity contribution in [2.45, 2.75) is 19.3 Å². The normalized spacial score (nSPS) is 23.4. The minimum Gasteiger partial charge on any atom is -0.359 e. The van der Waals surface area contributed by atoms with Crippen LogP contribution in [0.4, 0.5) is 0 Å². The quantitative estimate of drug-likeness (QED) is 0.717. The van der Waals surface area contributed by atoms with E-state index >= 15 is 0 Å². The average Bonchev–Trinajstić information content (AvgIpc) is 2.25. The van der Waals surface area contributed by atoms with Gasteiger partial charge in [0.05, 0.1) is 5.92 Å². The molecule has 0 bridgehead atoms. The second-order valence-corrected chi connectivity index (χ2v) is 4.17. The third-order valence-electron chi connectivity index (χ3n) is 2.73. The van der Waals surface area contributed by atoms with Crippen LogP contribution in [0.25, 0.3) is 0 Å². The maximum atomic E-state index is 11.4. The van der Waals surface area contributed by atoms with E-state index in [4.69, 9.17) is 11.6 Å². The van der Waals surface area contributed by atoms with Crippen molar-refractivity contribution in [2.24, 2.45) is 5.92 Å². The molecule has 14 heavy (non-hydrogen) atoms. The first kappa shape index (κ1) is 11.8. The molecule has 82 valence electrons. The topological polar surface area (TPSA) is 32.3 Å². The molecule has 4 heteroatoms. The lowest BCUT2D eigenvalue weighted by Crippen LogP contribution is -2.42. The van der Waals surface area contributed by atoms with Crippen LogP contribution in [0.1, 0.15) is 19.3 Å². The Balaban J connectivity index is 2.31. The Kier molecular flexibility index (Phi) is 5.26. The van der Waals surface area contributed by atoms with Crippen molar-refractivity contribution in [3.05, 3.63) is 0 Å². The van der Waals surface area contributed by atoms with Gasteiger partial charge in [-0.05, 0) is 32.4 Å². The van der Waals surface area contributed by atoms with Crippen molar-refractivity contribution >= 4 is 17.5 Å². The molecular formula is C10H19ClN2O. The predicted octanol–water partition coefficient (Wildman–Crippen LogP) is 1.07. The highest BCUT2D eigenvalue weighted by atomic mass is 35.5. The highest BCUT2D eigenvalue weighted by molar-refractivity contribution is 6.17. The first-order chi connectivity index (χ1) is 6.77. The Labute approximate surface area is 90.8 Å². The van der Waals surface area contributed by atoms with Gasteiger partial charge in [0.2, 0.25) is 5.91 Å². The van der Waals surface area contributed by atoms with Gasteiger partial charge in [-0.2, -0.15) is 0 Å². The first-order valence-corrected chi connectivity index (χ1v) is 5.81. The van der Waals surface area contributed by atoms with Gasteiger partial charge in [-0.25, -0.2) is 0 Å². The van der Waals surface area contributed by atoms with E-state index in [1.165, 1.54) is 0 Å². The highest BCUT2D eigenvalue weighted by Gasteiger charge is 2.24. The molecule has 0 spiro atoms. The second-order valence-electron chi connectivity index (χ2n) is 3.80. The van der Waals surface area contributed by atoms with Crippen LogP contribution >= 0.6 is 11.6 Å². The highest BCUT2D eigenvalue weighted by Crippen LogP contribution is 2.16. The van der Waals surface area contributed by atoms with Crippen molar-refractivity contribution in [3.63, 3.8) is 0 Å². The maximum absolute atomic E-state index is 11.4. The van der Waals surface area contributed by atoms with Crippen LogP contribution in [0.5, 0.6) is 0 Å². The molecule has 1 amide bonds. The number of nitrogens with zero attached hydrogens (tertiary/aromatic N) is 1. The first-order valence-electron chi connectivity index (χ1n) is 5.28. The van der Waals surface area contributed by atoms with Crippen LogP contribution in [-0.2, 0) is 4.79 Å². The van der Waals surface area contributed by atoms with E-state index in [-0.39, 0.29) is 11.8 Å². The van der Waals surface area contributed by atoms with E-state index in [9.17, 15) is 4.79 Å². The van der Waals surface area contributed by atoms with Crippen molar-refractivity contribution < 1.29 is 4.79 Å². The molecule has 1 saturated heterocycles. The molecule has 1 aliphatic rings. The molecule has 0 aromatic heterocycles. The third kappa shape index (κ3) is 3.46. The Morgan fingerprint density at radius 1 is 1.64 bits per heavy atom. The van der Waals surface area contributed by atoms with Crippen molar-refractivity contribution in [3.8, 4) is 0 Å². The zero-order valence-electron chi connectivity index (χ0n) is 8.76. The molecule has 1 atom stereocenters. The summed E-state index contributed by atoms with van der Waals surface area (Å²) < 4.78 is 0. The summed E-state index contributed by atoms with van der Waals surface area (Å²) >= 11 is 5.64. The van der Waals surface area contributed by atoms with Gasteiger partial charge in [0.25, 0.3) is 0 Å². The Hall–Kier alpha value is -0.280. The number of hydrogen-bond donors (Lipinski definition) is 1. The third-order valence-corrected chi connectivity index (χ3v) is 3.00. The molecule has 1 heterocycles. The lowest BCUT2D eigenvalue weighted by Gasteiger charge is -2.31. The van der Waals surface area contributed by atoms with E-state index in [0.29, 0.717) is 5.88 Å². The van der Waals surface area contributed by atoms with Gasteiger partial charge in [-0.15, -0.1) is 11.6 Å². The fourth-order valence-corrected chi connectivity index (χ4v) is 2.08. The summed E-state index contributed by atoms with van der Waals surface area (Å²) in [4.78, 5) is 13.8. The summed E-state index contributed by atoms with van der Waals surface area (Å²) in [7, 11) is 1.71. The van der Waals surface area contributed by atoms with Crippen molar-refractivity contribution in [1.29, 1.82) is 0 Å². The van der Waals surface area contributed by atoms with Gasteiger partial charge in [0.1, 0.15) is 0 Å². The molecule has 0 saturated carbocycles. The van der Waals surface area contributed by atoms with Gasteiger partial charge in [0.15, 0.2) is 0 Å². The maximum Gasteiger partial charge on any atom is 0.224 e. The summed E-state index contributed by atoms with van der Waals surface area (Å²) in [6.45, 7) is 3.04. The molecule has 0 aromatic rings. The zero-order valence-corrected chi connectivity index (χ0v) is 9.52. The lowest BCUT2D eigenvalue weighted by molar-refractivity contribution is -0.126. The minimum absolute atomic E-state index is 0.181. The van der Waals surface area contributed by atoms with Gasteiger partial charge < -0.3 is 10.2 Å². The number of likely N-dealkylation sites (tertiary alicyclic amines) is 1. The number of carbonyl (C=O) groups excluding carboxylic acids is 1. The van der Waals surface area contributed by atoms with Gasteiger partial charge in [0, 0.05) is 19.5 Å². The summed E-state index contributed by atoms with van der Waals surface area (Å²) in [6, 6.07) is 0. The zero-order chi connectivity index (χ0) is 10.4. The second kappa shape index (κ2) is 6.25. The smallest absolute Gasteiger partial charge is 0.224 e. The van der Waals surface area contributed by atoms with Crippen LogP contribution in [0.3, 0.4) is 0 Å². The molecule has 1 fully saturated rings. The SMILES string of the molecule is CNC(=O)C1CCCN(CCCCl)C1. The number of piperidine rings is 1. The molecule has 1 rings (SSSR count). The predicted molar refractivity (Wildman–Crippen MR) is 58.6 cm³/mol. The number of rotatable bonds is 4. The van der Waals surface area contributed by atoms with Crippen LogP contribution in [0.15, 0.2) is 0 Å². The van der Waals surface area contributed by atoms with E-state index < -0.39 is 0 Å². The van der Waals surface area contributed by atoms with E-state index in [2.05, 4.69) is 10.2 Å². The van der Waals surface area contributed by atoms with Gasteiger partial charge >= 0.3 is 0 Å². The number of halogens is 1. The van der Waals surface area contributed by atoms with Crippen LogP contribution in [0, 0.1) is 5.92 Å². The van der Waals surface area contributed by atoms with E-state index in [1.54, 1.807) is 7.05 Å². The summed E-state index contributed by atoms with van der Waals surface area (Å²) in [5, 5.41) is 2.72. The van der Waals surface area contributed by atoms with E-state index in [0.717, 1.165) is 38.9 Å². The van der Waals surface area contributed by atoms with Crippen LogP contribution in [-0.4, -0.2) is 43.4 Å². The minimum atomic E-state index is 0.181. The molecule has 1 aliphatic heterocycles. The number of amides is 1. The number of alkyl halides is 1. The Bertz CT molecular complexity index is 187. The van der Waals surface area contributed by atoms with Crippen LogP contribution < -0.4 is 5.32 Å². The number of nitrogens with one attached hydrogen (secondary N) is 1. The van der Waals surface area contributed by atoms with Crippen LogP contribution in [0.2, 0.25) is 0 Å². The summed E-state index contributed by atoms with van der Waals surface area (Å²) in [6.07, 6.45) is 3.17. The molecule has 1 N–H and O–H groups in total. The Morgan fingerprint density at radius 2 is 2.43 bits per heavy atom. The lowest BCUT2D eigenvalue weighted by atomic mass is 9.97. The molecule has 0 aromatic carbocycles. The van der Waals surface area contributed by atoms with Gasteiger partial charge in [-0.1, -0.05) is 0 Å². The fourth-order valence-electron chi connectivity index (χ4n) is 1.96. The largest absolute Gasteiger partial charge is 0.359 e. The number of hydrogen-bond acceptors (Lipinski definition) is 2. The monoisotopic (exact) mass is 218 g/mol. The van der Waals surface area contributed by atoms with Gasteiger partial charge in [-0.3, -0.25) is 4.79 Å². The molecule has 0 radical (unpaired) electrons. The van der Waals surface area contributed by atoms with Crippen molar-refractivity contribution in [1.82, 2.24) is 10.2 Å². The van der Waals surface area contributed by atoms with E-state index in [1.807, 2.05) is 0 Å². The molecule has 3 nitrogen and oxygen atoms in total. The number of carbonyl (C=O) groups is 1. The van der Waals surface area contributed by atoms with Crippen molar-refractivity contribution in [2.75, 3.05) is 32.6 Å². The molecular weight excluding hydrogens is 200 g/mol. The molecule has 1 unspecified atom stereocenters. The average molecular weight is 219 g/mol. The molecule has 0 aliphatic carbocycles.